The second kappa shape index (κ2) is 5.54. The average molecular weight is 268 g/mol. The molecule has 0 radical (unpaired) electrons. The number of nitrogens with zero attached hydrogens (tertiary/aromatic N) is 1. The molecule has 96 valence electrons. The Bertz CT molecular complexity index is 540. The molecular weight excluding hydrogens is 254 g/mol. The number of aromatic nitrogens is 1. The Morgan fingerprint density at radius 1 is 1.39 bits per heavy atom. The van der Waals surface area contributed by atoms with Crippen LogP contribution >= 0.6 is 11.3 Å². The fraction of sp³-hybridized carbons (Fsp3) is 0.308. The van der Waals surface area contributed by atoms with E-state index in [-0.39, 0.29) is 6.04 Å². The number of halogens is 2. The lowest BCUT2D eigenvalue weighted by molar-refractivity contribution is 0.471. The monoisotopic (exact) mass is 268 g/mol. The number of hydrogen-bond donors (Lipinski definition) is 1. The van der Waals surface area contributed by atoms with Crippen molar-refractivity contribution in [2.75, 3.05) is 0 Å². The molecule has 0 fully saturated rings. The number of nitrogens with one attached hydrogen (secondary N) is 1. The van der Waals surface area contributed by atoms with Gasteiger partial charge in [-0.25, -0.2) is 13.8 Å². The zero-order valence-electron chi connectivity index (χ0n) is 10.2. The van der Waals surface area contributed by atoms with Gasteiger partial charge in [0.2, 0.25) is 0 Å². The van der Waals surface area contributed by atoms with Crippen LogP contribution < -0.4 is 5.32 Å². The molecule has 0 bridgehead atoms. The molecule has 18 heavy (non-hydrogen) atoms. The molecule has 1 aromatic carbocycles. The predicted octanol–water partition coefficient (Wildman–Crippen LogP) is 3.58. The lowest BCUT2D eigenvalue weighted by Crippen LogP contribution is -2.19. The van der Waals surface area contributed by atoms with Gasteiger partial charge in [-0.2, -0.15) is 0 Å². The minimum Gasteiger partial charge on any atom is -0.304 e. The number of benzene rings is 1. The van der Waals surface area contributed by atoms with Crippen molar-refractivity contribution < 1.29 is 8.78 Å². The van der Waals surface area contributed by atoms with Crippen molar-refractivity contribution in [2.24, 2.45) is 0 Å². The number of rotatable bonds is 4. The first-order valence-corrected chi connectivity index (χ1v) is 6.54. The van der Waals surface area contributed by atoms with Crippen LogP contribution in [-0.4, -0.2) is 4.98 Å². The first-order valence-electron chi connectivity index (χ1n) is 5.66. The van der Waals surface area contributed by atoms with Gasteiger partial charge in [-0.3, -0.25) is 0 Å². The number of hydrogen-bond acceptors (Lipinski definition) is 3. The molecule has 1 heterocycles. The van der Waals surface area contributed by atoms with Crippen LogP contribution in [0.1, 0.15) is 29.2 Å². The van der Waals surface area contributed by atoms with Crippen molar-refractivity contribution in [3.63, 3.8) is 0 Å². The molecule has 0 aliphatic rings. The summed E-state index contributed by atoms with van der Waals surface area (Å²) in [5, 5.41) is 6.09. The summed E-state index contributed by atoms with van der Waals surface area (Å²) < 4.78 is 26.6. The summed E-state index contributed by atoms with van der Waals surface area (Å²) in [6.07, 6.45) is 0. The molecule has 0 amide bonds. The minimum atomic E-state index is -0.814. The van der Waals surface area contributed by atoms with Crippen LogP contribution in [0.2, 0.25) is 0 Å². The maximum absolute atomic E-state index is 13.6. The van der Waals surface area contributed by atoms with Gasteiger partial charge in [-0.15, -0.1) is 11.3 Å². The summed E-state index contributed by atoms with van der Waals surface area (Å²) in [6, 6.07) is 3.96. The van der Waals surface area contributed by atoms with Gasteiger partial charge in [0.05, 0.1) is 10.7 Å². The summed E-state index contributed by atoms with van der Waals surface area (Å²) in [5.41, 5.74) is 1.25. The van der Waals surface area contributed by atoms with Crippen LogP contribution in [0, 0.1) is 18.6 Å². The van der Waals surface area contributed by atoms with E-state index in [1.165, 1.54) is 6.07 Å². The highest BCUT2D eigenvalue weighted by atomic mass is 32.1. The quantitative estimate of drug-likeness (QED) is 0.916. The maximum Gasteiger partial charge on any atom is 0.163 e. The van der Waals surface area contributed by atoms with E-state index in [1.807, 2.05) is 12.3 Å². The van der Waals surface area contributed by atoms with Crippen LogP contribution in [-0.2, 0) is 6.54 Å². The van der Waals surface area contributed by atoms with E-state index in [0.29, 0.717) is 12.1 Å². The van der Waals surface area contributed by atoms with Gasteiger partial charge in [0.15, 0.2) is 11.6 Å². The third-order valence-corrected chi connectivity index (χ3v) is 3.53. The third-order valence-electron chi connectivity index (χ3n) is 2.70. The van der Waals surface area contributed by atoms with Crippen molar-refractivity contribution in [1.82, 2.24) is 10.3 Å². The molecule has 0 spiro atoms. The maximum atomic E-state index is 13.6. The second-order valence-corrected chi connectivity index (χ2v) is 5.17. The standard InChI is InChI=1S/C13H14F2N2S/c1-8(11-4-3-5-12(14)13(11)15)16-6-10-7-18-9(2)17-10/h3-5,7-8,16H,6H2,1-2H3. The minimum absolute atomic E-state index is 0.261. The lowest BCUT2D eigenvalue weighted by Gasteiger charge is -2.14. The number of thiazole rings is 1. The van der Waals surface area contributed by atoms with Crippen molar-refractivity contribution in [3.05, 3.63) is 51.5 Å². The van der Waals surface area contributed by atoms with Gasteiger partial charge in [0, 0.05) is 23.5 Å². The van der Waals surface area contributed by atoms with Crippen molar-refractivity contribution in [1.29, 1.82) is 0 Å². The highest BCUT2D eigenvalue weighted by molar-refractivity contribution is 7.09. The Balaban J connectivity index is 2.03. The highest BCUT2D eigenvalue weighted by Crippen LogP contribution is 2.19. The van der Waals surface area contributed by atoms with Gasteiger partial charge in [-0.05, 0) is 19.9 Å². The zero-order valence-corrected chi connectivity index (χ0v) is 11.0. The van der Waals surface area contributed by atoms with E-state index in [1.54, 1.807) is 24.3 Å². The number of aryl methyl sites for hydroxylation is 1. The Labute approximate surface area is 109 Å². The highest BCUT2D eigenvalue weighted by Gasteiger charge is 2.13. The van der Waals surface area contributed by atoms with Crippen LogP contribution in [0.4, 0.5) is 8.78 Å². The first-order chi connectivity index (χ1) is 8.58. The Morgan fingerprint density at radius 3 is 2.83 bits per heavy atom. The summed E-state index contributed by atoms with van der Waals surface area (Å²) in [5.74, 6) is -1.60. The van der Waals surface area contributed by atoms with Gasteiger partial charge >= 0.3 is 0 Å². The van der Waals surface area contributed by atoms with Crippen LogP contribution in [0.25, 0.3) is 0 Å². The molecule has 1 unspecified atom stereocenters. The molecule has 5 heteroatoms. The molecule has 0 aliphatic heterocycles. The second-order valence-electron chi connectivity index (χ2n) is 4.10. The lowest BCUT2D eigenvalue weighted by atomic mass is 10.1. The Kier molecular flexibility index (Phi) is 4.04. The molecule has 1 atom stereocenters. The third kappa shape index (κ3) is 2.91. The first kappa shape index (κ1) is 13.1. The van der Waals surface area contributed by atoms with E-state index in [4.69, 9.17) is 0 Å². The summed E-state index contributed by atoms with van der Waals surface area (Å²) in [6.45, 7) is 4.28. The molecule has 1 aromatic heterocycles. The topological polar surface area (TPSA) is 24.9 Å². The largest absolute Gasteiger partial charge is 0.304 e. The van der Waals surface area contributed by atoms with Gasteiger partial charge in [0.25, 0.3) is 0 Å². The van der Waals surface area contributed by atoms with E-state index < -0.39 is 11.6 Å². The average Bonchev–Trinajstić information content (AvgIpc) is 2.76. The predicted molar refractivity (Wildman–Crippen MR) is 68.5 cm³/mol. The normalized spacial score (nSPS) is 12.7. The van der Waals surface area contributed by atoms with Gasteiger partial charge in [-0.1, -0.05) is 12.1 Å². The van der Waals surface area contributed by atoms with E-state index >= 15 is 0 Å². The SMILES string of the molecule is Cc1nc(CNC(C)c2cccc(F)c2F)cs1. The molecule has 2 aromatic rings. The van der Waals surface area contributed by atoms with E-state index in [2.05, 4.69) is 10.3 Å². The van der Waals surface area contributed by atoms with Crippen LogP contribution in [0.3, 0.4) is 0 Å². The Hall–Kier alpha value is -1.33. The fourth-order valence-corrected chi connectivity index (χ4v) is 2.32. The van der Waals surface area contributed by atoms with Crippen molar-refractivity contribution >= 4 is 11.3 Å². The summed E-state index contributed by atoms with van der Waals surface area (Å²) in [7, 11) is 0. The van der Waals surface area contributed by atoms with E-state index in [9.17, 15) is 8.78 Å². The summed E-state index contributed by atoms with van der Waals surface area (Å²) in [4.78, 5) is 4.30. The molecule has 0 saturated carbocycles. The van der Waals surface area contributed by atoms with Crippen molar-refractivity contribution in [3.8, 4) is 0 Å². The molecular formula is C13H14F2N2S. The van der Waals surface area contributed by atoms with Crippen LogP contribution in [0.15, 0.2) is 23.6 Å². The fourth-order valence-electron chi connectivity index (χ4n) is 1.71. The van der Waals surface area contributed by atoms with E-state index in [0.717, 1.165) is 16.8 Å². The molecule has 0 saturated heterocycles. The van der Waals surface area contributed by atoms with Crippen LogP contribution in [0.5, 0.6) is 0 Å². The molecule has 1 N–H and O–H groups in total. The van der Waals surface area contributed by atoms with Gasteiger partial charge < -0.3 is 5.32 Å². The summed E-state index contributed by atoms with van der Waals surface area (Å²) >= 11 is 1.57. The molecule has 2 rings (SSSR count). The van der Waals surface area contributed by atoms with Gasteiger partial charge in [0.1, 0.15) is 0 Å². The molecule has 2 nitrogen and oxygen atoms in total. The van der Waals surface area contributed by atoms with Crippen molar-refractivity contribution in [2.45, 2.75) is 26.4 Å². The zero-order chi connectivity index (χ0) is 13.1. The Morgan fingerprint density at radius 2 is 2.17 bits per heavy atom. The molecule has 0 aliphatic carbocycles. The smallest absolute Gasteiger partial charge is 0.163 e.